The number of hydrogen-bond donors (Lipinski definition) is 0. The Morgan fingerprint density at radius 1 is 1.56 bits per heavy atom. The number of carbonyl (C=O) groups excluding carboxylic acids is 1. The summed E-state index contributed by atoms with van der Waals surface area (Å²) in [5.74, 6) is 0. The molecule has 0 aromatic heterocycles. The molecule has 50 valence electrons. The van der Waals surface area contributed by atoms with E-state index in [-0.39, 0.29) is 10.1 Å². The molecule has 0 amide bonds. The lowest BCUT2D eigenvalue weighted by molar-refractivity contribution is 0.146. The molecule has 0 N–H and O–H groups in total. The molecule has 0 aromatic rings. The van der Waals surface area contributed by atoms with Gasteiger partial charge < -0.3 is 4.74 Å². The molecule has 0 unspecified atom stereocenters. The third kappa shape index (κ3) is 4.81. The van der Waals surface area contributed by atoms with Gasteiger partial charge in [-0.1, -0.05) is 0 Å². The fourth-order valence-electron chi connectivity index (χ4n) is 0.586. The molecular weight excluding hydrogens is 229 g/mol. The Bertz CT molecular complexity index is 94.6. The molecule has 0 bridgehead atoms. The van der Waals surface area contributed by atoms with Crippen molar-refractivity contribution in [3.63, 3.8) is 0 Å². The van der Waals surface area contributed by atoms with Crippen LogP contribution in [0.25, 0.3) is 0 Å². The lowest BCUT2D eigenvalue weighted by Gasteiger charge is -2.10. The third-order valence-electron chi connectivity index (χ3n) is 1.17. The third-order valence-corrected chi connectivity index (χ3v) is 1.42. The Morgan fingerprint density at radius 2 is 2.00 bits per heavy atom. The van der Waals surface area contributed by atoms with Crippen LogP contribution in [0.5, 0.6) is 0 Å². The van der Waals surface area contributed by atoms with Crippen LogP contribution >= 0.6 is 22.6 Å². The van der Waals surface area contributed by atoms with E-state index in [9.17, 15) is 4.79 Å². The molecule has 0 aliphatic rings. The minimum absolute atomic E-state index is 0.120. The molecule has 0 saturated heterocycles. The van der Waals surface area contributed by atoms with Crippen LogP contribution < -0.4 is 0 Å². The van der Waals surface area contributed by atoms with Crippen LogP contribution in [0.2, 0.25) is 12.6 Å². The van der Waals surface area contributed by atoms with E-state index in [1.807, 2.05) is 15.7 Å². The van der Waals surface area contributed by atoms with Crippen LogP contribution in [0.4, 0.5) is 4.79 Å². The molecule has 0 aliphatic carbocycles. The first-order valence-corrected chi connectivity index (χ1v) is 4.14. The highest BCUT2D eigenvalue weighted by molar-refractivity contribution is 14.1. The molecular formula is C4H9B2IO2. The zero-order valence-corrected chi connectivity index (χ0v) is 7.84. The summed E-state index contributed by atoms with van der Waals surface area (Å²) >= 11 is 1.64. The monoisotopic (exact) mass is 238 g/mol. The molecule has 0 rings (SSSR count). The van der Waals surface area contributed by atoms with E-state index < -0.39 is 0 Å². The second kappa shape index (κ2) is 5.14. The summed E-state index contributed by atoms with van der Waals surface area (Å²) in [6.45, 7) is 0. The topological polar surface area (TPSA) is 26.3 Å². The molecule has 2 nitrogen and oxygen atoms in total. The average Bonchev–Trinajstić information content (AvgIpc) is 1.82. The summed E-state index contributed by atoms with van der Waals surface area (Å²) in [5.41, 5.74) is 0. The first-order valence-electron chi connectivity index (χ1n) is 3.06. The van der Waals surface area contributed by atoms with E-state index >= 15 is 0 Å². The Morgan fingerprint density at radius 3 is 2.11 bits per heavy atom. The van der Waals surface area contributed by atoms with Gasteiger partial charge in [0.1, 0.15) is 15.7 Å². The molecule has 0 fully saturated rings. The van der Waals surface area contributed by atoms with Crippen molar-refractivity contribution in [1.29, 1.82) is 0 Å². The Balaban J connectivity index is 3.43. The summed E-state index contributed by atoms with van der Waals surface area (Å²) in [4.78, 5) is 10.3. The van der Waals surface area contributed by atoms with Crippen LogP contribution in [0.15, 0.2) is 0 Å². The first kappa shape index (κ1) is 9.33. The van der Waals surface area contributed by atoms with E-state index in [0.717, 1.165) is 12.6 Å². The van der Waals surface area contributed by atoms with Gasteiger partial charge in [0, 0.05) is 0 Å². The molecule has 0 aromatic carbocycles. The fourth-order valence-corrected chi connectivity index (χ4v) is 0.946. The van der Waals surface area contributed by atoms with Crippen LogP contribution in [-0.2, 0) is 4.74 Å². The molecule has 9 heavy (non-hydrogen) atoms. The van der Waals surface area contributed by atoms with Crippen molar-refractivity contribution in [1.82, 2.24) is 0 Å². The molecule has 0 heterocycles. The van der Waals surface area contributed by atoms with E-state index in [1.54, 1.807) is 22.6 Å². The minimum Gasteiger partial charge on any atom is -0.456 e. The highest BCUT2D eigenvalue weighted by atomic mass is 127. The Hall–Kier alpha value is 0.330. The number of rotatable bonds is 3. The molecule has 0 aliphatic heterocycles. The summed E-state index contributed by atoms with van der Waals surface area (Å²) in [5, 5.41) is 0. The largest absolute Gasteiger partial charge is 0.456 e. The first-order chi connectivity index (χ1) is 4.20. The van der Waals surface area contributed by atoms with Crippen molar-refractivity contribution >= 4 is 42.3 Å². The summed E-state index contributed by atoms with van der Waals surface area (Å²) < 4.78 is 4.69. The second-order valence-corrected chi connectivity index (χ2v) is 2.67. The summed E-state index contributed by atoms with van der Waals surface area (Å²) in [6, 6.07) is 0. The Labute approximate surface area is 70.7 Å². The zero-order valence-electron chi connectivity index (χ0n) is 5.69. The molecule has 0 spiro atoms. The molecule has 5 heteroatoms. The predicted molar refractivity (Wildman–Crippen MR) is 51.0 cm³/mol. The van der Waals surface area contributed by atoms with Crippen LogP contribution in [0.3, 0.4) is 0 Å². The van der Waals surface area contributed by atoms with Gasteiger partial charge in [-0.3, -0.25) is 0 Å². The van der Waals surface area contributed by atoms with Crippen LogP contribution in [0, 0.1) is 0 Å². The van der Waals surface area contributed by atoms with E-state index in [2.05, 4.69) is 0 Å². The smallest absolute Gasteiger partial charge is 0.367 e. The number of ether oxygens (including phenoxy) is 1. The maximum Gasteiger partial charge on any atom is 0.367 e. The number of halogens is 1. The van der Waals surface area contributed by atoms with E-state index in [4.69, 9.17) is 4.74 Å². The van der Waals surface area contributed by atoms with Crippen LogP contribution in [-0.4, -0.2) is 25.8 Å². The lowest BCUT2D eigenvalue weighted by atomic mass is 9.89. The van der Waals surface area contributed by atoms with Gasteiger partial charge in [-0.05, 0) is 12.6 Å². The van der Waals surface area contributed by atoms with Gasteiger partial charge in [0.15, 0.2) is 0 Å². The standard InChI is InChI=1S/C4H9B2IO2/c5-1-3(2-6)9-4(7)8/h3H,1-2,5-6H2. The second-order valence-electron chi connectivity index (χ2n) is 1.79. The predicted octanol–water partition coefficient (Wildman–Crippen LogP) is 0.0294. The van der Waals surface area contributed by atoms with Gasteiger partial charge in [-0.15, -0.1) is 0 Å². The highest BCUT2D eigenvalue weighted by Crippen LogP contribution is 2.04. The van der Waals surface area contributed by atoms with E-state index in [0.29, 0.717) is 0 Å². The van der Waals surface area contributed by atoms with Crippen molar-refractivity contribution in [2.24, 2.45) is 0 Å². The van der Waals surface area contributed by atoms with Crippen molar-refractivity contribution < 1.29 is 9.53 Å². The van der Waals surface area contributed by atoms with Gasteiger partial charge in [-0.25, -0.2) is 4.79 Å². The van der Waals surface area contributed by atoms with Crippen molar-refractivity contribution in [2.75, 3.05) is 0 Å². The van der Waals surface area contributed by atoms with Crippen molar-refractivity contribution in [2.45, 2.75) is 18.7 Å². The van der Waals surface area contributed by atoms with E-state index in [1.165, 1.54) is 0 Å². The average molecular weight is 238 g/mol. The molecule has 0 radical (unpaired) electrons. The van der Waals surface area contributed by atoms with Crippen LogP contribution in [0.1, 0.15) is 0 Å². The summed E-state index contributed by atoms with van der Waals surface area (Å²) in [7, 11) is 4.02. The van der Waals surface area contributed by atoms with Gasteiger partial charge in [0.05, 0.1) is 28.7 Å². The van der Waals surface area contributed by atoms with Crippen molar-refractivity contribution in [3.05, 3.63) is 0 Å². The number of hydrogen-bond acceptors (Lipinski definition) is 2. The maximum absolute atomic E-state index is 10.3. The number of carbonyl (C=O) groups is 1. The Kier molecular flexibility index (Phi) is 5.33. The van der Waals surface area contributed by atoms with Gasteiger partial charge in [-0.2, -0.15) is 0 Å². The quantitative estimate of drug-likeness (QED) is 0.393. The highest BCUT2D eigenvalue weighted by Gasteiger charge is 2.05. The fraction of sp³-hybridized carbons (Fsp3) is 0.750. The summed E-state index contributed by atoms with van der Waals surface area (Å²) in [6.07, 6.45) is 1.94. The minimum atomic E-state index is -0.207. The molecule has 0 saturated carbocycles. The maximum atomic E-state index is 10.3. The van der Waals surface area contributed by atoms with Gasteiger partial charge in [0.25, 0.3) is 0 Å². The zero-order chi connectivity index (χ0) is 7.28. The normalized spacial score (nSPS) is 9.56. The molecule has 0 atom stereocenters. The van der Waals surface area contributed by atoms with Crippen molar-refractivity contribution in [3.8, 4) is 0 Å². The SMILES string of the molecule is BCC(CB)OC(=O)I. The van der Waals surface area contributed by atoms with Gasteiger partial charge >= 0.3 is 3.98 Å². The lowest BCUT2D eigenvalue weighted by Crippen LogP contribution is -2.12. The van der Waals surface area contributed by atoms with Gasteiger partial charge in [0.2, 0.25) is 0 Å².